The summed E-state index contributed by atoms with van der Waals surface area (Å²) in [4.78, 5) is 16.2. The van der Waals surface area contributed by atoms with E-state index in [1.54, 1.807) is 10.9 Å². The Morgan fingerprint density at radius 1 is 1.33 bits per heavy atom. The first-order chi connectivity index (χ1) is 11.5. The van der Waals surface area contributed by atoms with E-state index in [0.717, 1.165) is 11.0 Å². The molecule has 0 saturated heterocycles. The number of halogens is 2. The van der Waals surface area contributed by atoms with Gasteiger partial charge in [-0.05, 0) is 24.3 Å². The van der Waals surface area contributed by atoms with Crippen molar-refractivity contribution < 1.29 is 9.90 Å². The Morgan fingerprint density at radius 3 is 2.96 bits per heavy atom. The molecular weight excluding hydrogens is 351 g/mol. The third kappa shape index (κ3) is 3.50. The van der Waals surface area contributed by atoms with Crippen LogP contribution in [0.5, 0.6) is 5.75 Å². The summed E-state index contributed by atoms with van der Waals surface area (Å²) in [5, 5.41) is 14.1. The molecule has 0 fully saturated rings. The molecule has 1 heterocycles. The van der Waals surface area contributed by atoms with Gasteiger partial charge in [-0.25, -0.2) is 10.4 Å². The van der Waals surface area contributed by atoms with Crippen LogP contribution in [0.25, 0.3) is 11.0 Å². The smallest absolute Gasteiger partial charge is 0.260 e. The minimum atomic E-state index is -0.331. The second-order valence-corrected chi connectivity index (χ2v) is 5.82. The van der Waals surface area contributed by atoms with Crippen molar-refractivity contribution in [2.75, 3.05) is 0 Å². The van der Waals surface area contributed by atoms with Crippen LogP contribution in [0.15, 0.2) is 47.8 Å². The molecule has 0 aliphatic heterocycles. The van der Waals surface area contributed by atoms with Crippen LogP contribution < -0.4 is 5.43 Å². The zero-order valence-electron chi connectivity index (χ0n) is 12.3. The average molecular weight is 363 g/mol. The SMILES string of the molecule is O=C(Cn1cnc2ccccc21)NN=Cc1cc(Cl)cc(Cl)c1O. The van der Waals surface area contributed by atoms with Crippen molar-refractivity contribution in [2.24, 2.45) is 5.10 Å². The van der Waals surface area contributed by atoms with E-state index in [2.05, 4.69) is 15.5 Å². The van der Waals surface area contributed by atoms with E-state index >= 15 is 0 Å². The third-order valence-corrected chi connectivity index (χ3v) is 3.80. The van der Waals surface area contributed by atoms with Crippen LogP contribution in [0.2, 0.25) is 10.0 Å². The Kier molecular flexibility index (Phi) is 4.69. The molecule has 2 aromatic carbocycles. The van der Waals surface area contributed by atoms with Gasteiger partial charge in [0.25, 0.3) is 5.91 Å². The molecule has 0 aliphatic carbocycles. The normalized spacial score (nSPS) is 11.2. The van der Waals surface area contributed by atoms with Crippen molar-refractivity contribution in [3.05, 3.63) is 58.3 Å². The van der Waals surface area contributed by atoms with Gasteiger partial charge in [-0.1, -0.05) is 35.3 Å². The standard InChI is InChI=1S/C16H12Cl2N4O2/c17-11-5-10(16(24)12(18)6-11)7-20-21-15(23)8-22-9-19-13-3-1-2-4-14(13)22/h1-7,9,24H,8H2,(H,21,23). The number of carbonyl (C=O) groups is 1. The quantitative estimate of drug-likeness (QED) is 0.552. The van der Waals surface area contributed by atoms with Gasteiger partial charge in [0.05, 0.1) is 28.6 Å². The monoisotopic (exact) mass is 362 g/mol. The van der Waals surface area contributed by atoms with E-state index in [0.29, 0.717) is 10.6 Å². The van der Waals surface area contributed by atoms with Gasteiger partial charge in [-0.3, -0.25) is 4.79 Å². The molecule has 3 aromatic rings. The number of aromatic hydroxyl groups is 1. The molecular formula is C16H12Cl2N4O2. The number of hydrogen-bond donors (Lipinski definition) is 2. The molecule has 8 heteroatoms. The zero-order chi connectivity index (χ0) is 17.1. The summed E-state index contributed by atoms with van der Waals surface area (Å²) in [6.07, 6.45) is 2.87. The Hall–Kier alpha value is -2.57. The molecule has 0 spiro atoms. The van der Waals surface area contributed by atoms with E-state index in [-0.39, 0.29) is 23.2 Å². The second-order valence-electron chi connectivity index (χ2n) is 4.98. The van der Waals surface area contributed by atoms with E-state index in [9.17, 15) is 9.90 Å². The highest BCUT2D eigenvalue weighted by Gasteiger charge is 2.08. The van der Waals surface area contributed by atoms with Crippen LogP contribution in [0, 0.1) is 0 Å². The van der Waals surface area contributed by atoms with Crippen molar-refractivity contribution in [3.63, 3.8) is 0 Å². The van der Waals surface area contributed by atoms with Gasteiger partial charge < -0.3 is 9.67 Å². The Bertz CT molecular complexity index is 937. The highest BCUT2D eigenvalue weighted by atomic mass is 35.5. The highest BCUT2D eigenvalue weighted by Crippen LogP contribution is 2.29. The van der Waals surface area contributed by atoms with Crippen LogP contribution in [-0.4, -0.2) is 26.8 Å². The number of amides is 1. The molecule has 24 heavy (non-hydrogen) atoms. The Labute approximate surface area is 147 Å². The summed E-state index contributed by atoms with van der Waals surface area (Å²) < 4.78 is 1.72. The first kappa shape index (κ1) is 16.3. The van der Waals surface area contributed by atoms with Gasteiger partial charge in [0.1, 0.15) is 12.3 Å². The lowest BCUT2D eigenvalue weighted by atomic mass is 10.2. The summed E-state index contributed by atoms with van der Waals surface area (Å²) in [6.45, 7) is 0.0696. The lowest BCUT2D eigenvalue weighted by molar-refractivity contribution is -0.121. The molecule has 3 rings (SSSR count). The first-order valence-corrected chi connectivity index (χ1v) is 7.70. The molecule has 0 aliphatic rings. The number of aromatic nitrogens is 2. The molecule has 0 atom stereocenters. The molecule has 6 nitrogen and oxygen atoms in total. The van der Waals surface area contributed by atoms with Crippen LogP contribution >= 0.6 is 23.2 Å². The number of carbonyl (C=O) groups excluding carboxylic acids is 1. The topological polar surface area (TPSA) is 79.5 Å². The molecule has 0 bridgehead atoms. The number of benzene rings is 2. The fraction of sp³-hybridized carbons (Fsp3) is 0.0625. The number of nitrogens with zero attached hydrogens (tertiary/aromatic N) is 3. The van der Waals surface area contributed by atoms with Crippen molar-refractivity contribution in [2.45, 2.75) is 6.54 Å². The predicted molar refractivity (Wildman–Crippen MR) is 93.6 cm³/mol. The molecule has 0 saturated carbocycles. The zero-order valence-corrected chi connectivity index (χ0v) is 13.8. The minimum absolute atomic E-state index is 0.0696. The van der Waals surface area contributed by atoms with E-state index in [1.165, 1.54) is 18.3 Å². The van der Waals surface area contributed by atoms with Gasteiger partial charge in [-0.2, -0.15) is 5.10 Å². The van der Waals surface area contributed by atoms with Crippen LogP contribution in [-0.2, 0) is 11.3 Å². The summed E-state index contributed by atoms with van der Waals surface area (Å²) >= 11 is 11.7. The predicted octanol–water partition coefficient (Wildman–Crippen LogP) is 3.20. The maximum Gasteiger partial charge on any atom is 0.260 e. The number of para-hydroxylation sites is 2. The van der Waals surface area contributed by atoms with E-state index < -0.39 is 0 Å². The first-order valence-electron chi connectivity index (χ1n) is 6.94. The third-order valence-electron chi connectivity index (χ3n) is 3.29. The van der Waals surface area contributed by atoms with Crippen molar-refractivity contribution in [3.8, 4) is 5.75 Å². The molecule has 122 valence electrons. The van der Waals surface area contributed by atoms with Gasteiger partial charge in [0.2, 0.25) is 0 Å². The summed E-state index contributed by atoms with van der Waals surface area (Å²) in [6, 6.07) is 10.4. The van der Waals surface area contributed by atoms with Crippen molar-refractivity contribution in [1.82, 2.24) is 15.0 Å². The van der Waals surface area contributed by atoms with E-state index in [4.69, 9.17) is 23.2 Å². The fourth-order valence-corrected chi connectivity index (χ4v) is 2.69. The molecule has 2 N–H and O–H groups in total. The van der Waals surface area contributed by atoms with Gasteiger partial charge in [-0.15, -0.1) is 0 Å². The number of imidazole rings is 1. The molecule has 0 unspecified atom stereocenters. The largest absolute Gasteiger partial charge is 0.506 e. The van der Waals surface area contributed by atoms with Crippen molar-refractivity contribution >= 4 is 46.4 Å². The second kappa shape index (κ2) is 6.90. The van der Waals surface area contributed by atoms with Crippen LogP contribution in [0.3, 0.4) is 0 Å². The Morgan fingerprint density at radius 2 is 2.12 bits per heavy atom. The minimum Gasteiger partial charge on any atom is -0.506 e. The van der Waals surface area contributed by atoms with Gasteiger partial charge in [0, 0.05) is 10.6 Å². The summed E-state index contributed by atoms with van der Waals surface area (Å²) in [5.74, 6) is -0.485. The average Bonchev–Trinajstić information content (AvgIpc) is 2.95. The molecule has 1 aromatic heterocycles. The molecule has 0 radical (unpaired) electrons. The highest BCUT2D eigenvalue weighted by molar-refractivity contribution is 6.36. The Balaban J connectivity index is 1.68. The maximum atomic E-state index is 12.0. The van der Waals surface area contributed by atoms with Crippen molar-refractivity contribution in [1.29, 1.82) is 0 Å². The number of hydrazone groups is 1. The summed E-state index contributed by atoms with van der Waals surface area (Å²) in [7, 11) is 0. The fourth-order valence-electron chi connectivity index (χ4n) is 2.18. The van der Waals surface area contributed by atoms with Gasteiger partial charge in [0.15, 0.2) is 0 Å². The number of hydrogen-bond acceptors (Lipinski definition) is 4. The maximum absolute atomic E-state index is 12.0. The van der Waals surface area contributed by atoms with Crippen LogP contribution in [0.1, 0.15) is 5.56 Å². The van der Waals surface area contributed by atoms with Gasteiger partial charge >= 0.3 is 0 Å². The van der Waals surface area contributed by atoms with Crippen LogP contribution in [0.4, 0.5) is 0 Å². The van der Waals surface area contributed by atoms with E-state index in [1.807, 2.05) is 24.3 Å². The lowest BCUT2D eigenvalue weighted by Gasteiger charge is -2.04. The summed E-state index contributed by atoms with van der Waals surface area (Å²) in [5.41, 5.74) is 4.36. The number of phenolic OH excluding ortho intramolecular Hbond substituents is 1. The number of phenols is 1. The lowest BCUT2D eigenvalue weighted by Crippen LogP contribution is -2.22. The molecule has 1 amide bonds. The number of rotatable bonds is 4. The number of fused-ring (bicyclic) bond motifs is 1. The number of nitrogens with one attached hydrogen (secondary N) is 1.